The Bertz CT molecular complexity index is 869. The third kappa shape index (κ3) is 2.83. The fraction of sp³-hybridized carbons (Fsp3) is 0. The second-order valence-electron chi connectivity index (χ2n) is 5.50. The molecule has 0 atom stereocenters. The molecule has 0 saturated heterocycles. The van der Waals surface area contributed by atoms with E-state index in [2.05, 4.69) is 103 Å². The van der Waals surface area contributed by atoms with Crippen LogP contribution in [0, 0.1) is 0 Å². The molecule has 4 rings (SSSR count). The summed E-state index contributed by atoms with van der Waals surface area (Å²) in [6, 6.07) is 37.5. The van der Waals surface area contributed by atoms with E-state index in [0.717, 1.165) is 0 Å². The Balaban J connectivity index is 1.98. The van der Waals surface area contributed by atoms with Gasteiger partial charge in [-0.15, -0.1) is 0 Å². The number of rotatable bonds is 3. The fourth-order valence-electron chi connectivity index (χ4n) is 2.98. The fourth-order valence-corrected chi connectivity index (χ4v) is 8.18. The van der Waals surface area contributed by atoms with Gasteiger partial charge in [0.25, 0.3) is 0 Å². The van der Waals surface area contributed by atoms with Gasteiger partial charge in [0.15, 0.2) is 0 Å². The summed E-state index contributed by atoms with van der Waals surface area (Å²) in [6.45, 7) is 0. The standard InChI is InChI=1S/C22H17As/c1-3-12-19(13-4-1)23(20-14-5-2-6-15-20)22-17-9-11-18-10-7-8-16-21(18)22/h1-17H. The van der Waals surface area contributed by atoms with Crippen LogP contribution in [0.4, 0.5) is 0 Å². The minimum atomic E-state index is -1.54. The van der Waals surface area contributed by atoms with Crippen molar-refractivity contribution in [3.05, 3.63) is 103 Å². The second-order valence-corrected chi connectivity index (χ2v) is 10.1. The van der Waals surface area contributed by atoms with Gasteiger partial charge in [0.05, 0.1) is 0 Å². The molecule has 1 heteroatoms. The Morgan fingerprint density at radius 1 is 0.435 bits per heavy atom. The molecule has 0 fully saturated rings. The minimum absolute atomic E-state index is 1.33. The van der Waals surface area contributed by atoms with Crippen LogP contribution in [-0.2, 0) is 0 Å². The quantitative estimate of drug-likeness (QED) is 0.494. The molecule has 4 aromatic rings. The Morgan fingerprint density at radius 2 is 0.957 bits per heavy atom. The van der Waals surface area contributed by atoms with E-state index in [1.807, 2.05) is 0 Å². The molecule has 0 amide bonds. The molecule has 0 bridgehead atoms. The SMILES string of the molecule is c1ccc([As](c2ccccc2)c2cccc3ccccc23)cc1. The van der Waals surface area contributed by atoms with Crippen LogP contribution in [0.25, 0.3) is 10.8 Å². The van der Waals surface area contributed by atoms with Gasteiger partial charge in [-0.25, -0.2) is 0 Å². The van der Waals surface area contributed by atoms with E-state index in [-0.39, 0.29) is 0 Å². The van der Waals surface area contributed by atoms with E-state index in [0.29, 0.717) is 0 Å². The Hall–Kier alpha value is -2.30. The Morgan fingerprint density at radius 3 is 1.61 bits per heavy atom. The molecular formula is C22H17As. The van der Waals surface area contributed by atoms with Crippen molar-refractivity contribution in [3.8, 4) is 0 Å². The van der Waals surface area contributed by atoms with Crippen molar-refractivity contribution in [2.45, 2.75) is 0 Å². The summed E-state index contributed by atoms with van der Waals surface area (Å²) in [5.74, 6) is 0. The molecule has 0 heterocycles. The molecule has 0 aromatic heterocycles. The molecule has 0 aliphatic carbocycles. The maximum absolute atomic E-state index is 2.32. The number of hydrogen-bond acceptors (Lipinski definition) is 0. The third-order valence-electron chi connectivity index (χ3n) is 4.04. The number of benzene rings is 4. The van der Waals surface area contributed by atoms with E-state index in [4.69, 9.17) is 0 Å². The van der Waals surface area contributed by atoms with Crippen molar-refractivity contribution < 1.29 is 0 Å². The van der Waals surface area contributed by atoms with Crippen molar-refractivity contribution in [1.82, 2.24) is 0 Å². The first-order chi connectivity index (χ1) is 11.4. The number of fused-ring (bicyclic) bond motifs is 1. The van der Waals surface area contributed by atoms with Crippen molar-refractivity contribution in [3.63, 3.8) is 0 Å². The van der Waals surface area contributed by atoms with Crippen LogP contribution in [0.2, 0.25) is 0 Å². The first-order valence-electron chi connectivity index (χ1n) is 7.81. The molecule has 0 aliphatic rings. The van der Waals surface area contributed by atoms with Crippen LogP contribution in [0.3, 0.4) is 0 Å². The normalized spacial score (nSPS) is 11.0. The summed E-state index contributed by atoms with van der Waals surface area (Å²) in [4.78, 5) is 0. The van der Waals surface area contributed by atoms with Crippen molar-refractivity contribution in [1.29, 1.82) is 0 Å². The van der Waals surface area contributed by atoms with Crippen LogP contribution < -0.4 is 13.1 Å². The van der Waals surface area contributed by atoms with Crippen LogP contribution in [-0.4, -0.2) is 14.7 Å². The summed E-state index contributed by atoms with van der Waals surface area (Å²) in [7, 11) is 0. The summed E-state index contributed by atoms with van der Waals surface area (Å²) in [5.41, 5.74) is 0. The van der Waals surface area contributed by atoms with Gasteiger partial charge in [0, 0.05) is 0 Å². The van der Waals surface area contributed by atoms with Gasteiger partial charge in [0.2, 0.25) is 0 Å². The molecule has 0 N–H and O–H groups in total. The predicted molar refractivity (Wildman–Crippen MR) is 101 cm³/mol. The van der Waals surface area contributed by atoms with Crippen LogP contribution >= 0.6 is 0 Å². The first kappa shape index (κ1) is 14.3. The van der Waals surface area contributed by atoms with E-state index in [1.54, 1.807) is 0 Å². The molecule has 0 unspecified atom stereocenters. The molecule has 0 aliphatic heterocycles. The molecule has 0 nitrogen and oxygen atoms in total. The van der Waals surface area contributed by atoms with Gasteiger partial charge in [-0.2, -0.15) is 0 Å². The van der Waals surface area contributed by atoms with Crippen LogP contribution in [0.15, 0.2) is 103 Å². The molecular weight excluding hydrogens is 339 g/mol. The van der Waals surface area contributed by atoms with Crippen LogP contribution in [0.5, 0.6) is 0 Å². The molecule has 23 heavy (non-hydrogen) atoms. The summed E-state index contributed by atoms with van der Waals surface area (Å²) in [6.07, 6.45) is 0. The zero-order valence-corrected chi connectivity index (χ0v) is 14.6. The van der Waals surface area contributed by atoms with E-state index >= 15 is 0 Å². The van der Waals surface area contributed by atoms with Gasteiger partial charge in [-0.1, -0.05) is 0 Å². The molecule has 0 radical (unpaired) electrons. The van der Waals surface area contributed by atoms with Gasteiger partial charge in [0.1, 0.15) is 0 Å². The van der Waals surface area contributed by atoms with Gasteiger partial charge < -0.3 is 0 Å². The van der Waals surface area contributed by atoms with Crippen molar-refractivity contribution >= 4 is 38.5 Å². The van der Waals surface area contributed by atoms with Crippen molar-refractivity contribution in [2.75, 3.05) is 0 Å². The van der Waals surface area contributed by atoms with Gasteiger partial charge in [-0.05, 0) is 0 Å². The average molecular weight is 356 g/mol. The van der Waals surface area contributed by atoms with E-state index < -0.39 is 14.7 Å². The summed E-state index contributed by atoms with van der Waals surface area (Å²) < 4.78 is 4.46. The molecule has 110 valence electrons. The summed E-state index contributed by atoms with van der Waals surface area (Å²) >= 11 is -1.54. The maximum atomic E-state index is 2.32. The zero-order valence-electron chi connectivity index (χ0n) is 12.8. The zero-order chi connectivity index (χ0) is 15.5. The first-order valence-corrected chi connectivity index (χ1v) is 10.6. The van der Waals surface area contributed by atoms with E-state index in [9.17, 15) is 0 Å². The molecule has 0 saturated carbocycles. The Kier molecular flexibility index (Phi) is 4.01. The molecule has 4 aromatic carbocycles. The van der Waals surface area contributed by atoms with Gasteiger partial charge in [-0.3, -0.25) is 0 Å². The second kappa shape index (κ2) is 6.44. The third-order valence-corrected chi connectivity index (χ3v) is 9.28. The van der Waals surface area contributed by atoms with Crippen LogP contribution in [0.1, 0.15) is 0 Å². The summed E-state index contributed by atoms with van der Waals surface area (Å²) in [5, 5.41) is 2.72. The topological polar surface area (TPSA) is 0 Å². The monoisotopic (exact) mass is 356 g/mol. The van der Waals surface area contributed by atoms with Gasteiger partial charge >= 0.3 is 142 Å². The number of hydrogen-bond donors (Lipinski definition) is 0. The Labute approximate surface area is 141 Å². The average Bonchev–Trinajstić information content (AvgIpc) is 2.64. The molecule has 0 spiro atoms. The predicted octanol–water partition coefficient (Wildman–Crippen LogP) is 3.36. The van der Waals surface area contributed by atoms with Crippen molar-refractivity contribution in [2.24, 2.45) is 0 Å². The van der Waals surface area contributed by atoms with E-state index in [1.165, 1.54) is 23.8 Å².